The van der Waals surface area contributed by atoms with Crippen molar-refractivity contribution in [2.24, 2.45) is 17.3 Å². The highest BCUT2D eigenvalue weighted by Gasteiger charge is 2.48. The number of likely N-dealkylation sites (tertiary alicyclic amines) is 1. The molecule has 0 amide bonds. The van der Waals surface area contributed by atoms with Crippen molar-refractivity contribution in [3.63, 3.8) is 0 Å². The highest BCUT2D eigenvalue weighted by Crippen LogP contribution is 2.38. The molecule has 2 fully saturated rings. The molecule has 7 heteroatoms. The van der Waals surface area contributed by atoms with Crippen LogP contribution in [0.5, 0.6) is 0 Å². The molecule has 2 saturated heterocycles. The molecule has 2 aliphatic rings. The molecule has 0 aromatic carbocycles. The van der Waals surface area contributed by atoms with Gasteiger partial charge in [-0.25, -0.2) is 0 Å². The minimum Gasteiger partial charge on any atom is -0.465 e. The van der Waals surface area contributed by atoms with Gasteiger partial charge in [0, 0.05) is 25.9 Å². The summed E-state index contributed by atoms with van der Waals surface area (Å²) in [6.07, 6.45) is 23.6. The largest absolute Gasteiger partial charge is 0.465 e. The van der Waals surface area contributed by atoms with Crippen LogP contribution in [0, 0.1) is 17.3 Å². The first-order chi connectivity index (χ1) is 22.3. The first-order valence-electron chi connectivity index (χ1n) is 19.6. The smallest absolute Gasteiger partial charge is 0.308 e. The van der Waals surface area contributed by atoms with Crippen molar-refractivity contribution < 1.29 is 28.5 Å². The molecule has 2 aliphatic heterocycles. The molecule has 46 heavy (non-hydrogen) atoms. The van der Waals surface area contributed by atoms with Crippen LogP contribution in [0.3, 0.4) is 0 Å². The lowest BCUT2D eigenvalue weighted by Crippen LogP contribution is -2.57. The van der Waals surface area contributed by atoms with Gasteiger partial charge in [-0.15, -0.1) is 0 Å². The van der Waals surface area contributed by atoms with Crippen molar-refractivity contribution in [1.29, 1.82) is 0 Å². The minimum absolute atomic E-state index is 0.0745. The van der Waals surface area contributed by atoms with Crippen molar-refractivity contribution in [1.82, 2.24) is 4.90 Å². The highest BCUT2D eigenvalue weighted by molar-refractivity contribution is 5.73. The van der Waals surface area contributed by atoms with Crippen LogP contribution < -0.4 is 0 Å². The summed E-state index contributed by atoms with van der Waals surface area (Å²) in [5, 5.41) is 0. The van der Waals surface area contributed by atoms with Gasteiger partial charge in [-0.2, -0.15) is 0 Å². The predicted octanol–water partition coefficient (Wildman–Crippen LogP) is 9.64. The van der Waals surface area contributed by atoms with Gasteiger partial charge >= 0.3 is 11.9 Å². The molecule has 270 valence electrons. The van der Waals surface area contributed by atoms with E-state index < -0.39 is 11.2 Å². The van der Waals surface area contributed by atoms with E-state index in [1.807, 2.05) is 0 Å². The third-order valence-electron chi connectivity index (χ3n) is 10.4. The van der Waals surface area contributed by atoms with E-state index in [1.165, 1.54) is 51.4 Å². The van der Waals surface area contributed by atoms with Crippen LogP contribution in [0.2, 0.25) is 0 Å². The van der Waals surface area contributed by atoms with Gasteiger partial charge in [0.25, 0.3) is 0 Å². The average molecular weight is 652 g/mol. The van der Waals surface area contributed by atoms with Crippen molar-refractivity contribution >= 4 is 11.9 Å². The number of carbonyl (C=O) groups is 2. The topological polar surface area (TPSA) is 74.3 Å². The second kappa shape index (κ2) is 24.0. The molecule has 2 heterocycles. The number of ether oxygens (including phenoxy) is 4. The third kappa shape index (κ3) is 15.8. The SMILES string of the molecule is CCCCCCC(CCCCCC)C(=O)OCC1(COC(=O)C(CCCCCC)CCCCCC)COC2(CCN(C)CC2)OC1. The van der Waals surface area contributed by atoms with Gasteiger partial charge in [0.2, 0.25) is 0 Å². The number of piperidine rings is 1. The molecule has 0 saturated carbocycles. The molecule has 0 radical (unpaired) electrons. The van der Waals surface area contributed by atoms with E-state index >= 15 is 0 Å². The molecular weight excluding hydrogens is 578 g/mol. The summed E-state index contributed by atoms with van der Waals surface area (Å²) in [7, 11) is 2.13. The Morgan fingerprint density at radius 3 is 1.26 bits per heavy atom. The minimum atomic E-state index is -0.691. The lowest BCUT2D eigenvalue weighted by molar-refractivity contribution is -0.325. The van der Waals surface area contributed by atoms with E-state index in [2.05, 4.69) is 39.6 Å². The van der Waals surface area contributed by atoms with Crippen molar-refractivity contribution in [3.8, 4) is 0 Å². The Labute approximate surface area is 283 Å². The van der Waals surface area contributed by atoms with E-state index in [0.29, 0.717) is 13.2 Å². The van der Waals surface area contributed by atoms with Crippen molar-refractivity contribution in [3.05, 3.63) is 0 Å². The first kappa shape index (κ1) is 41.0. The fourth-order valence-corrected chi connectivity index (χ4v) is 6.82. The molecule has 0 aromatic rings. The van der Waals surface area contributed by atoms with Crippen LogP contribution in [0.4, 0.5) is 0 Å². The molecule has 0 atom stereocenters. The maximum Gasteiger partial charge on any atom is 0.308 e. The molecule has 1 spiro atoms. The van der Waals surface area contributed by atoms with Gasteiger partial charge in [-0.05, 0) is 32.7 Å². The molecule has 7 nitrogen and oxygen atoms in total. The van der Waals surface area contributed by atoms with Crippen LogP contribution in [0.1, 0.15) is 169 Å². The van der Waals surface area contributed by atoms with Gasteiger partial charge in [0.1, 0.15) is 13.2 Å². The van der Waals surface area contributed by atoms with Crippen LogP contribution in [-0.4, -0.2) is 69.2 Å². The normalized spacial score (nSPS) is 18.0. The number of nitrogens with zero attached hydrogens (tertiary/aromatic N) is 1. The van der Waals surface area contributed by atoms with Crippen LogP contribution >= 0.6 is 0 Å². The van der Waals surface area contributed by atoms with Gasteiger partial charge in [-0.3, -0.25) is 9.59 Å². The number of rotatable bonds is 26. The van der Waals surface area contributed by atoms with Crippen molar-refractivity contribution in [2.75, 3.05) is 46.6 Å². The summed E-state index contributed by atoms with van der Waals surface area (Å²) in [5.41, 5.74) is -0.691. The molecule has 0 aromatic heterocycles. The molecule has 0 N–H and O–H groups in total. The Kier molecular flexibility index (Phi) is 21.4. The van der Waals surface area contributed by atoms with E-state index in [1.54, 1.807) is 0 Å². The maximum atomic E-state index is 13.6. The lowest BCUT2D eigenvalue weighted by Gasteiger charge is -2.48. The van der Waals surface area contributed by atoms with E-state index in [0.717, 1.165) is 103 Å². The van der Waals surface area contributed by atoms with Crippen LogP contribution in [0.15, 0.2) is 0 Å². The quantitative estimate of drug-likeness (QED) is 0.0681. The number of esters is 2. The maximum absolute atomic E-state index is 13.6. The lowest BCUT2D eigenvalue weighted by atomic mass is 9.88. The Morgan fingerprint density at radius 1 is 0.587 bits per heavy atom. The second-order valence-electron chi connectivity index (χ2n) is 14.8. The second-order valence-corrected chi connectivity index (χ2v) is 14.8. The van der Waals surface area contributed by atoms with Gasteiger partial charge in [0.15, 0.2) is 5.79 Å². The molecule has 0 unspecified atom stereocenters. The van der Waals surface area contributed by atoms with Gasteiger partial charge < -0.3 is 23.8 Å². The highest BCUT2D eigenvalue weighted by atomic mass is 16.7. The molecule has 2 rings (SSSR count). The Morgan fingerprint density at radius 2 is 0.935 bits per heavy atom. The van der Waals surface area contributed by atoms with Crippen molar-refractivity contribution in [2.45, 2.75) is 175 Å². The summed E-state index contributed by atoms with van der Waals surface area (Å²) in [5.74, 6) is -0.957. The number of hydrogen-bond acceptors (Lipinski definition) is 7. The van der Waals surface area contributed by atoms with E-state index in [4.69, 9.17) is 18.9 Å². The van der Waals surface area contributed by atoms with Gasteiger partial charge in [0.05, 0.1) is 30.5 Å². The Hall–Kier alpha value is -1.18. The standard InChI is InChI=1S/C39H73NO6/c1-6-10-14-18-22-34(23-19-15-11-7-2)36(41)43-30-38(32-45-39(46-33-38)26-28-40(5)29-27-39)31-44-37(42)35(24-20-16-12-8-3)25-21-17-13-9-4/h34-35H,6-33H2,1-5H3. The Bertz CT molecular complexity index is 715. The summed E-state index contributed by atoms with van der Waals surface area (Å²) in [6.45, 7) is 11.8. The number of carbonyl (C=O) groups excluding carboxylic acids is 2. The fraction of sp³-hybridized carbons (Fsp3) is 0.949. The van der Waals surface area contributed by atoms with Crippen LogP contribution in [-0.2, 0) is 28.5 Å². The summed E-state index contributed by atoms with van der Waals surface area (Å²) in [6, 6.07) is 0. The fourth-order valence-electron chi connectivity index (χ4n) is 6.82. The first-order valence-corrected chi connectivity index (χ1v) is 19.6. The zero-order valence-corrected chi connectivity index (χ0v) is 30.9. The summed E-state index contributed by atoms with van der Waals surface area (Å²) < 4.78 is 25.2. The van der Waals surface area contributed by atoms with Crippen LogP contribution in [0.25, 0.3) is 0 Å². The zero-order chi connectivity index (χ0) is 33.5. The molecule has 0 bridgehead atoms. The van der Waals surface area contributed by atoms with Gasteiger partial charge in [-0.1, -0.05) is 130 Å². The molecule has 0 aliphatic carbocycles. The monoisotopic (exact) mass is 652 g/mol. The van der Waals surface area contributed by atoms with E-state index in [-0.39, 0.29) is 37.0 Å². The summed E-state index contributed by atoms with van der Waals surface area (Å²) in [4.78, 5) is 29.4. The van der Waals surface area contributed by atoms with E-state index in [9.17, 15) is 9.59 Å². The number of unbranched alkanes of at least 4 members (excludes halogenated alkanes) is 12. The zero-order valence-electron chi connectivity index (χ0n) is 30.9. The number of hydrogen-bond donors (Lipinski definition) is 0. The summed E-state index contributed by atoms with van der Waals surface area (Å²) >= 11 is 0. The average Bonchev–Trinajstić information content (AvgIpc) is 3.07. The Balaban J connectivity index is 2.09. The third-order valence-corrected chi connectivity index (χ3v) is 10.4. The molecular formula is C39H73NO6. The predicted molar refractivity (Wildman–Crippen MR) is 188 cm³/mol.